The SMILES string of the molecule is CC(O)C(C)OC1(C#N)CCCC(C)C1C. The third-order valence-corrected chi connectivity index (χ3v) is 4.06. The summed E-state index contributed by atoms with van der Waals surface area (Å²) in [4.78, 5) is 0. The Labute approximate surface area is 98.4 Å². The Balaban J connectivity index is 2.80. The van der Waals surface area contributed by atoms with Gasteiger partial charge in [-0.05, 0) is 32.6 Å². The molecule has 0 amide bonds. The lowest BCUT2D eigenvalue weighted by Gasteiger charge is -2.42. The van der Waals surface area contributed by atoms with E-state index in [2.05, 4.69) is 19.9 Å². The Kier molecular flexibility index (Phi) is 4.35. The van der Waals surface area contributed by atoms with Crippen molar-refractivity contribution in [3.05, 3.63) is 0 Å². The Morgan fingerprint density at radius 3 is 2.56 bits per heavy atom. The highest BCUT2D eigenvalue weighted by atomic mass is 16.5. The van der Waals surface area contributed by atoms with Crippen LogP contribution in [0.15, 0.2) is 0 Å². The molecule has 5 unspecified atom stereocenters. The maximum atomic E-state index is 9.48. The number of nitrogens with zero attached hydrogens (tertiary/aromatic N) is 1. The van der Waals surface area contributed by atoms with E-state index in [4.69, 9.17) is 4.74 Å². The summed E-state index contributed by atoms with van der Waals surface area (Å²) >= 11 is 0. The first-order valence-corrected chi connectivity index (χ1v) is 6.20. The van der Waals surface area contributed by atoms with Crippen LogP contribution in [-0.4, -0.2) is 22.9 Å². The third-order valence-electron chi connectivity index (χ3n) is 4.06. The van der Waals surface area contributed by atoms with Crippen LogP contribution in [0.4, 0.5) is 0 Å². The molecule has 0 saturated heterocycles. The van der Waals surface area contributed by atoms with Gasteiger partial charge in [-0.2, -0.15) is 5.26 Å². The lowest BCUT2D eigenvalue weighted by Crippen LogP contribution is -2.47. The fourth-order valence-electron chi connectivity index (χ4n) is 2.40. The van der Waals surface area contributed by atoms with Crippen molar-refractivity contribution in [3.63, 3.8) is 0 Å². The number of rotatable bonds is 3. The molecule has 1 N–H and O–H groups in total. The lowest BCUT2D eigenvalue weighted by atomic mass is 9.71. The van der Waals surface area contributed by atoms with E-state index in [1.165, 1.54) is 0 Å². The summed E-state index contributed by atoms with van der Waals surface area (Å²) in [6.07, 6.45) is 2.16. The number of hydrogen-bond acceptors (Lipinski definition) is 3. The zero-order valence-electron chi connectivity index (χ0n) is 10.7. The van der Waals surface area contributed by atoms with Gasteiger partial charge in [0, 0.05) is 5.92 Å². The van der Waals surface area contributed by atoms with E-state index in [-0.39, 0.29) is 12.0 Å². The molecule has 1 saturated carbocycles. The Morgan fingerprint density at radius 1 is 1.44 bits per heavy atom. The van der Waals surface area contributed by atoms with Gasteiger partial charge in [-0.1, -0.05) is 20.3 Å². The third kappa shape index (κ3) is 2.56. The van der Waals surface area contributed by atoms with Gasteiger partial charge in [-0.25, -0.2) is 0 Å². The van der Waals surface area contributed by atoms with Gasteiger partial charge in [0.1, 0.15) is 0 Å². The standard InChI is InChI=1S/C13H23NO2/c1-9-6-5-7-13(8-14,10(9)2)16-12(4)11(3)15/h9-12,15H,5-7H2,1-4H3. The Bertz CT molecular complexity index is 272. The van der Waals surface area contributed by atoms with Crippen molar-refractivity contribution in [2.75, 3.05) is 0 Å². The number of aliphatic hydroxyl groups is 1. The molecule has 0 aromatic heterocycles. The lowest BCUT2D eigenvalue weighted by molar-refractivity contribution is -0.140. The maximum Gasteiger partial charge on any atom is 0.157 e. The van der Waals surface area contributed by atoms with E-state index < -0.39 is 11.7 Å². The van der Waals surface area contributed by atoms with Crippen LogP contribution in [-0.2, 0) is 4.74 Å². The molecule has 1 aliphatic carbocycles. The molecule has 3 nitrogen and oxygen atoms in total. The quantitative estimate of drug-likeness (QED) is 0.803. The van der Waals surface area contributed by atoms with Gasteiger partial charge in [0.25, 0.3) is 0 Å². The van der Waals surface area contributed by atoms with E-state index >= 15 is 0 Å². The normalized spacial score (nSPS) is 38.8. The second kappa shape index (κ2) is 5.16. The number of hydrogen-bond donors (Lipinski definition) is 1. The molecule has 0 aromatic rings. The summed E-state index contributed by atoms with van der Waals surface area (Å²) in [6, 6.07) is 2.35. The van der Waals surface area contributed by atoms with E-state index in [0.29, 0.717) is 5.92 Å². The van der Waals surface area contributed by atoms with Gasteiger partial charge in [0.15, 0.2) is 5.60 Å². The Morgan fingerprint density at radius 2 is 2.06 bits per heavy atom. The van der Waals surface area contributed by atoms with Crippen molar-refractivity contribution in [2.45, 2.75) is 64.8 Å². The average molecular weight is 225 g/mol. The van der Waals surface area contributed by atoms with E-state index in [0.717, 1.165) is 19.3 Å². The van der Waals surface area contributed by atoms with Gasteiger partial charge < -0.3 is 9.84 Å². The van der Waals surface area contributed by atoms with Gasteiger partial charge in [0.05, 0.1) is 18.3 Å². The first kappa shape index (κ1) is 13.5. The van der Waals surface area contributed by atoms with Crippen molar-refractivity contribution in [1.82, 2.24) is 0 Å². The minimum absolute atomic E-state index is 0.229. The Hall–Kier alpha value is -0.590. The largest absolute Gasteiger partial charge is 0.391 e. The fourth-order valence-corrected chi connectivity index (χ4v) is 2.40. The molecule has 0 aromatic carbocycles. The molecule has 1 aliphatic rings. The summed E-state index contributed by atoms with van der Waals surface area (Å²) in [6.45, 7) is 7.79. The first-order chi connectivity index (χ1) is 7.43. The van der Waals surface area contributed by atoms with Crippen molar-refractivity contribution in [3.8, 4) is 6.07 Å². The highest BCUT2D eigenvalue weighted by Crippen LogP contribution is 2.40. The summed E-state index contributed by atoms with van der Waals surface area (Å²) in [7, 11) is 0. The molecule has 0 heterocycles. The van der Waals surface area contributed by atoms with E-state index in [9.17, 15) is 10.4 Å². The van der Waals surface area contributed by atoms with Crippen molar-refractivity contribution < 1.29 is 9.84 Å². The molecule has 1 rings (SSSR count). The van der Waals surface area contributed by atoms with Gasteiger partial charge in [-0.15, -0.1) is 0 Å². The second-order valence-corrected chi connectivity index (χ2v) is 5.22. The topological polar surface area (TPSA) is 53.2 Å². The minimum Gasteiger partial charge on any atom is -0.391 e. The summed E-state index contributed by atoms with van der Waals surface area (Å²) in [5.74, 6) is 0.738. The average Bonchev–Trinajstić information content (AvgIpc) is 2.24. The van der Waals surface area contributed by atoms with Gasteiger partial charge >= 0.3 is 0 Å². The molecule has 16 heavy (non-hydrogen) atoms. The highest BCUT2D eigenvalue weighted by Gasteiger charge is 2.44. The molecule has 0 bridgehead atoms. The second-order valence-electron chi connectivity index (χ2n) is 5.22. The summed E-state index contributed by atoms with van der Waals surface area (Å²) in [5, 5.41) is 18.9. The van der Waals surface area contributed by atoms with E-state index in [1.807, 2.05) is 6.92 Å². The van der Waals surface area contributed by atoms with Crippen LogP contribution in [0.2, 0.25) is 0 Å². The molecule has 3 heteroatoms. The van der Waals surface area contributed by atoms with E-state index in [1.54, 1.807) is 6.92 Å². The van der Waals surface area contributed by atoms with Crippen LogP contribution in [0.25, 0.3) is 0 Å². The molecule has 0 aliphatic heterocycles. The highest BCUT2D eigenvalue weighted by molar-refractivity contribution is 5.08. The molecular weight excluding hydrogens is 202 g/mol. The van der Waals surface area contributed by atoms with Crippen molar-refractivity contribution >= 4 is 0 Å². The minimum atomic E-state index is -0.700. The monoisotopic (exact) mass is 225 g/mol. The molecule has 92 valence electrons. The maximum absolute atomic E-state index is 9.48. The number of aliphatic hydroxyl groups excluding tert-OH is 1. The van der Waals surface area contributed by atoms with Crippen LogP contribution in [0.5, 0.6) is 0 Å². The smallest absolute Gasteiger partial charge is 0.157 e. The summed E-state index contributed by atoms with van der Waals surface area (Å²) < 4.78 is 5.86. The molecule has 0 spiro atoms. The van der Waals surface area contributed by atoms with Gasteiger partial charge in [0.2, 0.25) is 0 Å². The molecule has 1 fully saturated rings. The predicted octanol–water partition coefficient (Wildman–Crippen LogP) is 2.49. The van der Waals surface area contributed by atoms with Crippen LogP contribution in [0.1, 0.15) is 47.0 Å². The van der Waals surface area contributed by atoms with Crippen molar-refractivity contribution in [2.24, 2.45) is 11.8 Å². The first-order valence-electron chi connectivity index (χ1n) is 6.20. The predicted molar refractivity (Wildman–Crippen MR) is 62.8 cm³/mol. The van der Waals surface area contributed by atoms with Crippen LogP contribution in [0, 0.1) is 23.2 Å². The summed E-state index contributed by atoms with van der Waals surface area (Å²) in [5.41, 5.74) is -0.700. The zero-order valence-corrected chi connectivity index (χ0v) is 10.7. The molecule has 0 radical (unpaired) electrons. The van der Waals surface area contributed by atoms with Crippen molar-refractivity contribution in [1.29, 1.82) is 5.26 Å². The molecule has 5 atom stereocenters. The van der Waals surface area contributed by atoms with Crippen LogP contribution >= 0.6 is 0 Å². The van der Waals surface area contributed by atoms with Crippen LogP contribution < -0.4 is 0 Å². The zero-order chi connectivity index (χ0) is 12.3. The molecular formula is C13H23NO2. The van der Waals surface area contributed by atoms with Crippen LogP contribution in [0.3, 0.4) is 0 Å². The number of nitriles is 1. The van der Waals surface area contributed by atoms with Gasteiger partial charge in [-0.3, -0.25) is 0 Å². The fraction of sp³-hybridized carbons (Fsp3) is 0.923. The number of ether oxygens (including phenoxy) is 1.